The number of nitrogens with one attached hydrogen (secondary N) is 1. The molecule has 1 N–H and O–H groups in total. The third-order valence-electron chi connectivity index (χ3n) is 1.76. The smallest absolute Gasteiger partial charge is 0.166 e. The largest absolute Gasteiger partial charge is 0.335 e. The summed E-state index contributed by atoms with van der Waals surface area (Å²) >= 11 is 5.92. The number of amidine groups is 1. The fourth-order valence-electron chi connectivity index (χ4n) is 1.22. The number of aliphatic imine (C=N–C) groups is 2. The second-order valence-electron chi connectivity index (χ2n) is 2.59. The van der Waals surface area contributed by atoms with E-state index in [0.29, 0.717) is 5.16 Å². The van der Waals surface area contributed by atoms with Crippen molar-refractivity contribution in [2.75, 3.05) is 0 Å². The summed E-state index contributed by atoms with van der Waals surface area (Å²) in [6.45, 7) is 1.88. The second-order valence-corrected chi connectivity index (χ2v) is 2.97. The molecule has 0 amide bonds. The average Bonchev–Trinajstić information content (AvgIpc) is 2.34. The van der Waals surface area contributed by atoms with Gasteiger partial charge in [-0.1, -0.05) is 11.6 Å². The first-order valence-electron chi connectivity index (χ1n) is 3.49. The molecule has 2 heterocycles. The Labute approximate surface area is 69.9 Å². The zero-order valence-electron chi connectivity index (χ0n) is 6.13. The molecule has 0 spiro atoms. The molecule has 0 aromatic rings. The topological polar surface area (TPSA) is 36.8 Å². The van der Waals surface area contributed by atoms with Crippen molar-refractivity contribution in [3.8, 4) is 0 Å². The lowest BCUT2D eigenvalue weighted by Gasteiger charge is -2.16. The van der Waals surface area contributed by atoms with Crippen LogP contribution in [0.1, 0.15) is 13.3 Å². The van der Waals surface area contributed by atoms with Gasteiger partial charge in [0.1, 0.15) is 11.0 Å². The molecule has 2 aliphatic heterocycles. The van der Waals surface area contributed by atoms with E-state index in [-0.39, 0.29) is 6.17 Å². The third-order valence-corrected chi connectivity index (χ3v) is 2.10. The lowest BCUT2D eigenvalue weighted by atomic mass is 10.2. The van der Waals surface area contributed by atoms with E-state index in [2.05, 4.69) is 15.3 Å². The highest BCUT2D eigenvalue weighted by molar-refractivity contribution is 6.31. The Bertz CT molecular complexity index is 277. The van der Waals surface area contributed by atoms with Gasteiger partial charge in [-0.05, 0) is 6.92 Å². The maximum absolute atomic E-state index is 5.92. The number of rotatable bonds is 0. The Morgan fingerprint density at radius 1 is 1.73 bits per heavy atom. The zero-order valence-corrected chi connectivity index (χ0v) is 6.89. The summed E-state index contributed by atoms with van der Waals surface area (Å²) in [5.74, 6) is 0.836. The SMILES string of the molecule is CC1=N[C@H]2N=CCC2=C(Cl)N1. The second kappa shape index (κ2) is 2.34. The zero-order chi connectivity index (χ0) is 7.84. The summed E-state index contributed by atoms with van der Waals surface area (Å²) in [4.78, 5) is 8.42. The Balaban J connectivity index is 2.36. The minimum absolute atomic E-state index is 0.0382. The minimum Gasteiger partial charge on any atom is -0.335 e. The predicted octanol–water partition coefficient (Wildman–Crippen LogP) is 1.26. The summed E-state index contributed by atoms with van der Waals surface area (Å²) in [7, 11) is 0. The van der Waals surface area contributed by atoms with Gasteiger partial charge in [0.15, 0.2) is 6.17 Å². The van der Waals surface area contributed by atoms with Crippen LogP contribution in [0.5, 0.6) is 0 Å². The average molecular weight is 170 g/mol. The molecule has 1 atom stereocenters. The van der Waals surface area contributed by atoms with Crippen molar-refractivity contribution in [1.29, 1.82) is 0 Å². The van der Waals surface area contributed by atoms with Gasteiger partial charge in [-0.25, -0.2) is 4.99 Å². The number of hydrogen-bond donors (Lipinski definition) is 1. The fraction of sp³-hybridized carbons (Fsp3) is 0.429. The van der Waals surface area contributed by atoms with Crippen molar-refractivity contribution < 1.29 is 0 Å². The number of fused-ring (bicyclic) bond motifs is 1. The van der Waals surface area contributed by atoms with Crippen LogP contribution in [-0.2, 0) is 0 Å². The standard InChI is InChI=1S/C7H8ClN3/c1-4-10-6(8)5-2-3-9-7(5)11-4/h3,7H,2H2,1H3,(H,10,11)/t7-/m1/s1. The molecule has 58 valence electrons. The van der Waals surface area contributed by atoms with E-state index in [1.165, 1.54) is 0 Å². The summed E-state index contributed by atoms with van der Waals surface area (Å²) in [5, 5.41) is 3.66. The van der Waals surface area contributed by atoms with E-state index >= 15 is 0 Å². The van der Waals surface area contributed by atoms with Gasteiger partial charge in [-0.15, -0.1) is 0 Å². The Hall–Kier alpha value is -0.830. The van der Waals surface area contributed by atoms with Crippen molar-refractivity contribution in [2.24, 2.45) is 9.98 Å². The first-order valence-corrected chi connectivity index (χ1v) is 3.87. The van der Waals surface area contributed by atoms with E-state index in [4.69, 9.17) is 11.6 Å². The van der Waals surface area contributed by atoms with Crippen molar-refractivity contribution in [1.82, 2.24) is 5.32 Å². The molecule has 0 saturated heterocycles. The molecule has 0 aliphatic carbocycles. The van der Waals surface area contributed by atoms with Crippen LogP contribution in [0.15, 0.2) is 20.7 Å². The van der Waals surface area contributed by atoms with Crippen LogP contribution in [0.25, 0.3) is 0 Å². The molecule has 0 unspecified atom stereocenters. The summed E-state index contributed by atoms with van der Waals surface area (Å²) < 4.78 is 0. The minimum atomic E-state index is -0.0382. The van der Waals surface area contributed by atoms with Crippen LogP contribution in [-0.4, -0.2) is 18.2 Å². The molecule has 0 aromatic heterocycles. The summed E-state index contributed by atoms with van der Waals surface area (Å²) in [6.07, 6.45) is 2.64. The van der Waals surface area contributed by atoms with Crippen molar-refractivity contribution in [3.63, 3.8) is 0 Å². The van der Waals surface area contributed by atoms with Crippen LogP contribution < -0.4 is 5.32 Å². The molecule has 0 bridgehead atoms. The Morgan fingerprint density at radius 3 is 3.36 bits per heavy atom. The highest BCUT2D eigenvalue weighted by Gasteiger charge is 2.23. The van der Waals surface area contributed by atoms with Crippen molar-refractivity contribution in [2.45, 2.75) is 19.5 Å². The molecule has 0 saturated carbocycles. The molecular formula is C7H8ClN3. The van der Waals surface area contributed by atoms with Crippen LogP contribution >= 0.6 is 11.6 Å². The molecule has 0 fully saturated rings. The van der Waals surface area contributed by atoms with Gasteiger partial charge in [0.25, 0.3) is 0 Å². The Kier molecular flexibility index (Phi) is 1.46. The van der Waals surface area contributed by atoms with Crippen molar-refractivity contribution in [3.05, 3.63) is 10.7 Å². The van der Waals surface area contributed by atoms with Crippen LogP contribution in [0.2, 0.25) is 0 Å². The summed E-state index contributed by atoms with van der Waals surface area (Å²) in [6, 6.07) is 0. The quantitative estimate of drug-likeness (QED) is 0.545. The van der Waals surface area contributed by atoms with Crippen LogP contribution in [0, 0.1) is 0 Å². The van der Waals surface area contributed by atoms with Gasteiger partial charge < -0.3 is 5.32 Å². The molecule has 4 heteroatoms. The maximum Gasteiger partial charge on any atom is 0.166 e. The first kappa shape index (κ1) is 6.85. The van der Waals surface area contributed by atoms with Gasteiger partial charge in [0.05, 0.1) is 0 Å². The highest BCUT2D eigenvalue weighted by atomic mass is 35.5. The van der Waals surface area contributed by atoms with Crippen LogP contribution in [0.4, 0.5) is 0 Å². The summed E-state index contributed by atoms with van der Waals surface area (Å²) in [5.41, 5.74) is 1.08. The molecule has 2 aliphatic rings. The predicted molar refractivity (Wildman–Crippen MR) is 46.0 cm³/mol. The molecule has 0 radical (unpaired) electrons. The van der Waals surface area contributed by atoms with Gasteiger partial charge in [-0.3, -0.25) is 4.99 Å². The van der Waals surface area contributed by atoms with E-state index < -0.39 is 0 Å². The van der Waals surface area contributed by atoms with Gasteiger partial charge in [0.2, 0.25) is 0 Å². The first-order chi connectivity index (χ1) is 5.27. The van der Waals surface area contributed by atoms with E-state index in [0.717, 1.165) is 17.8 Å². The van der Waals surface area contributed by atoms with E-state index in [9.17, 15) is 0 Å². The monoisotopic (exact) mass is 169 g/mol. The van der Waals surface area contributed by atoms with Crippen molar-refractivity contribution >= 4 is 23.7 Å². The van der Waals surface area contributed by atoms with E-state index in [1.807, 2.05) is 13.1 Å². The maximum atomic E-state index is 5.92. The van der Waals surface area contributed by atoms with E-state index in [1.54, 1.807) is 0 Å². The lowest BCUT2D eigenvalue weighted by Crippen LogP contribution is -2.26. The molecule has 0 aromatic carbocycles. The normalized spacial score (nSPS) is 28.2. The number of nitrogens with zero attached hydrogens (tertiary/aromatic N) is 2. The molecule has 2 rings (SSSR count). The fourth-order valence-corrected chi connectivity index (χ4v) is 1.53. The molecule has 11 heavy (non-hydrogen) atoms. The highest BCUT2D eigenvalue weighted by Crippen LogP contribution is 2.25. The van der Waals surface area contributed by atoms with Gasteiger partial charge >= 0.3 is 0 Å². The number of hydrogen-bond acceptors (Lipinski definition) is 3. The third kappa shape index (κ3) is 1.05. The van der Waals surface area contributed by atoms with Gasteiger partial charge in [-0.2, -0.15) is 0 Å². The molecular weight excluding hydrogens is 162 g/mol. The van der Waals surface area contributed by atoms with Crippen LogP contribution in [0.3, 0.4) is 0 Å². The number of halogens is 1. The molecule has 3 nitrogen and oxygen atoms in total. The Morgan fingerprint density at radius 2 is 2.55 bits per heavy atom. The lowest BCUT2D eigenvalue weighted by molar-refractivity contribution is 0.802. The van der Waals surface area contributed by atoms with Gasteiger partial charge in [0, 0.05) is 18.2 Å².